The summed E-state index contributed by atoms with van der Waals surface area (Å²) in [6.45, 7) is 5.34. The smallest absolute Gasteiger partial charge is 0.228 e. The molecular weight excluding hydrogens is 240 g/mol. The van der Waals surface area contributed by atoms with Gasteiger partial charge in [-0.3, -0.25) is 9.59 Å². The van der Waals surface area contributed by atoms with Gasteiger partial charge in [0.2, 0.25) is 11.8 Å². The molecule has 1 aromatic rings. The van der Waals surface area contributed by atoms with Gasteiger partial charge in [-0.1, -0.05) is 18.2 Å². The Balaban J connectivity index is 1.89. The summed E-state index contributed by atoms with van der Waals surface area (Å²) in [6, 6.07) is 9.35. The number of benzene rings is 1. The van der Waals surface area contributed by atoms with Gasteiger partial charge in [0.25, 0.3) is 0 Å². The van der Waals surface area contributed by atoms with Crippen LogP contribution in [0.25, 0.3) is 0 Å². The third kappa shape index (κ3) is 3.13. The summed E-state index contributed by atoms with van der Waals surface area (Å²) in [5.74, 6) is -0.216. The molecule has 0 heterocycles. The number of para-hydroxylation sites is 1. The third-order valence-electron chi connectivity index (χ3n) is 3.56. The Morgan fingerprint density at radius 2 is 1.79 bits per heavy atom. The zero-order valence-corrected chi connectivity index (χ0v) is 11.4. The summed E-state index contributed by atoms with van der Waals surface area (Å²) in [7, 11) is 0. The highest BCUT2D eigenvalue weighted by Crippen LogP contribution is 2.40. The van der Waals surface area contributed by atoms with E-state index in [2.05, 4.69) is 5.32 Å². The molecule has 4 heteroatoms. The molecule has 0 saturated heterocycles. The Labute approximate surface area is 113 Å². The standard InChI is InChI=1S/C15H20N2O2/c1-3-17(4-2)15(19)13-10-12(13)14(18)16-11-8-6-5-7-9-11/h5-9,12-13H,3-4,10H2,1-2H3,(H,16,18). The minimum absolute atomic E-state index is 0.0447. The molecule has 2 unspecified atom stereocenters. The van der Waals surface area contributed by atoms with Crippen LogP contribution in [0, 0.1) is 11.8 Å². The number of nitrogens with one attached hydrogen (secondary N) is 1. The molecule has 102 valence electrons. The Hall–Kier alpha value is -1.84. The highest BCUT2D eigenvalue weighted by molar-refractivity contribution is 5.99. The summed E-state index contributed by atoms with van der Waals surface area (Å²) in [6.07, 6.45) is 0.675. The number of carbonyl (C=O) groups is 2. The Bertz CT molecular complexity index is 454. The highest BCUT2D eigenvalue weighted by atomic mass is 16.2. The molecule has 2 amide bonds. The minimum Gasteiger partial charge on any atom is -0.343 e. The summed E-state index contributed by atoms with van der Waals surface area (Å²) >= 11 is 0. The molecule has 0 aliphatic heterocycles. The van der Waals surface area contributed by atoms with E-state index in [9.17, 15) is 9.59 Å². The van der Waals surface area contributed by atoms with Crippen molar-refractivity contribution in [3.63, 3.8) is 0 Å². The first-order chi connectivity index (χ1) is 9.17. The molecule has 1 aliphatic carbocycles. The van der Waals surface area contributed by atoms with E-state index in [1.807, 2.05) is 44.2 Å². The van der Waals surface area contributed by atoms with E-state index < -0.39 is 0 Å². The quantitative estimate of drug-likeness (QED) is 0.881. The Kier molecular flexibility index (Phi) is 4.20. The van der Waals surface area contributed by atoms with Gasteiger partial charge in [0.1, 0.15) is 0 Å². The normalized spacial score (nSPS) is 20.7. The molecule has 1 saturated carbocycles. The van der Waals surface area contributed by atoms with Gasteiger partial charge in [0, 0.05) is 18.8 Å². The van der Waals surface area contributed by atoms with Crippen LogP contribution in [0.5, 0.6) is 0 Å². The van der Waals surface area contributed by atoms with Crippen LogP contribution in [0.3, 0.4) is 0 Å². The van der Waals surface area contributed by atoms with Crippen molar-refractivity contribution >= 4 is 17.5 Å². The molecule has 0 aromatic heterocycles. The topological polar surface area (TPSA) is 49.4 Å². The zero-order valence-electron chi connectivity index (χ0n) is 11.4. The van der Waals surface area contributed by atoms with Crippen LogP contribution in [-0.2, 0) is 9.59 Å². The van der Waals surface area contributed by atoms with E-state index in [1.54, 1.807) is 4.90 Å². The van der Waals surface area contributed by atoms with Gasteiger partial charge in [-0.2, -0.15) is 0 Å². The SMILES string of the molecule is CCN(CC)C(=O)C1CC1C(=O)Nc1ccccc1. The van der Waals surface area contributed by atoms with Crippen LogP contribution in [0.4, 0.5) is 5.69 Å². The fourth-order valence-electron chi connectivity index (χ4n) is 2.28. The maximum atomic E-state index is 12.1. The lowest BCUT2D eigenvalue weighted by Gasteiger charge is -2.18. The van der Waals surface area contributed by atoms with Crippen molar-refractivity contribution < 1.29 is 9.59 Å². The van der Waals surface area contributed by atoms with Crippen LogP contribution in [0.15, 0.2) is 30.3 Å². The van der Waals surface area contributed by atoms with Crippen LogP contribution < -0.4 is 5.32 Å². The summed E-state index contributed by atoms with van der Waals surface area (Å²) in [4.78, 5) is 25.9. The number of hydrogen-bond acceptors (Lipinski definition) is 2. The number of amides is 2. The molecular formula is C15H20N2O2. The monoisotopic (exact) mass is 260 g/mol. The average molecular weight is 260 g/mol. The molecule has 1 aromatic carbocycles. The zero-order chi connectivity index (χ0) is 13.8. The number of carbonyl (C=O) groups excluding carboxylic acids is 2. The number of anilines is 1. The van der Waals surface area contributed by atoms with Gasteiger partial charge >= 0.3 is 0 Å². The first-order valence-electron chi connectivity index (χ1n) is 6.82. The predicted octanol–water partition coefficient (Wildman–Crippen LogP) is 2.13. The maximum absolute atomic E-state index is 12.1. The fourth-order valence-corrected chi connectivity index (χ4v) is 2.28. The average Bonchev–Trinajstić information content (AvgIpc) is 3.21. The van der Waals surface area contributed by atoms with Crippen LogP contribution in [0.2, 0.25) is 0 Å². The van der Waals surface area contributed by atoms with E-state index in [0.29, 0.717) is 19.5 Å². The first kappa shape index (κ1) is 13.6. The predicted molar refractivity (Wildman–Crippen MR) is 74.6 cm³/mol. The van der Waals surface area contributed by atoms with E-state index in [0.717, 1.165) is 5.69 Å². The van der Waals surface area contributed by atoms with Crippen molar-refractivity contribution in [3.8, 4) is 0 Å². The Morgan fingerprint density at radius 1 is 1.16 bits per heavy atom. The lowest BCUT2D eigenvalue weighted by molar-refractivity contribution is -0.133. The lowest BCUT2D eigenvalue weighted by Crippen LogP contribution is -2.33. The number of rotatable bonds is 5. The van der Waals surface area contributed by atoms with Gasteiger partial charge < -0.3 is 10.2 Å². The molecule has 1 fully saturated rings. The van der Waals surface area contributed by atoms with E-state index in [1.165, 1.54) is 0 Å². The summed E-state index contributed by atoms with van der Waals surface area (Å²) in [5, 5.41) is 2.85. The molecule has 2 atom stereocenters. The fraction of sp³-hybridized carbons (Fsp3) is 0.467. The molecule has 2 rings (SSSR count). The van der Waals surface area contributed by atoms with E-state index >= 15 is 0 Å². The maximum Gasteiger partial charge on any atom is 0.228 e. The van der Waals surface area contributed by atoms with Crippen molar-refractivity contribution in [1.29, 1.82) is 0 Å². The van der Waals surface area contributed by atoms with Crippen molar-refractivity contribution in [2.75, 3.05) is 18.4 Å². The van der Waals surface area contributed by atoms with Crippen molar-refractivity contribution in [1.82, 2.24) is 4.90 Å². The molecule has 0 bridgehead atoms. The first-order valence-corrected chi connectivity index (χ1v) is 6.82. The highest BCUT2D eigenvalue weighted by Gasteiger charge is 2.49. The van der Waals surface area contributed by atoms with Crippen molar-refractivity contribution in [2.24, 2.45) is 11.8 Å². The van der Waals surface area contributed by atoms with Gasteiger partial charge in [-0.25, -0.2) is 0 Å². The lowest BCUT2D eigenvalue weighted by atomic mass is 10.2. The second-order valence-electron chi connectivity index (χ2n) is 4.81. The third-order valence-corrected chi connectivity index (χ3v) is 3.56. The van der Waals surface area contributed by atoms with E-state index in [-0.39, 0.29) is 23.7 Å². The second-order valence-corrected chi connectivity index (χ2v) is 4.81. The van der Waals surface area contributed by atoms with Crippen molar-refractivity contribution in [3.05, 3.63) is 30.3 Å². The summed E-state index contributed by atoms with van der Waals surface area (Å²) in [5.41, 5.74) is 0.786. The molecule has 1 N–H and O–H groups in total. The van der Waals surface area contributed by atoms with Gasteiger partial charge in [-0.05, 0) is 32.4 Å². The molecule has 0 radical (unpaired) electrons. The van der Waals surface area contributed by atoms with Gasteiger partial charge in [-0.15, -0.1) is 0 Å². The molecule has 19 heavy (non-hydrogen) atoms. The molecule has 1 aliphatic rings. The van der Waals surface area contributed by atoms with Crippen molar-refractivity contribution in [2.45, 2.75) is 20.3 Å². The van der Waals surface area contributed by atoms with Gasteiger partial charge in [0.15, 0.2) is 0 Å². The molecule has 4 nitrogen and oxygen atoms in total. The van der Waals surface area contributed by atoms with Crippen LogP contribution >= 0.6 is 0 Å². The second kappa shape index (κ2) is 5.87. The Morgan fingerprint density at radius 3 is 2.37 bits per heavy atom. The number of nitrogens with zero attached hydrogens (tertiary/aromatic N) is 1. The van der Waals surface area contributed by atoms with Crippen LogP contribution in [-0.4, -0.2) is 29.8 Å². The van der Waals surface area contributed by atoms with Gasteiger partial charge in [0.05, 0.1) is 11.8 Å². The van der Waals surface area contributed by atoms with E-state index in [4.69, 9.17) is 0 Å². The molecule has 0 spiro atoms. The minimum atomic E-state index is -0.159. The van der Waals surface area contributed by atoms with Crippen LogP contribution in [0.1, 0.15) is 20.3 Å². The number of hydrogen-bond donors (Lipinski definition) is 1. The largest absolute Gasteiger partial charge is 0.343 e. The summed E-state index contributed by atoms with van der Waals surface area (Å²) < 4.78 is 0.